The van der Waals surface area contributed by atoms with Crippen LogP contribution in [0.25, 0.3) is 0 Å². The van der Waals surface area contributed by atoms with Crippen LogP contribution in [0.1, 0.15) is 47.0 Å². The maximum absolute atomic E-state index is 12.5. The van der Waals surface area contributed by atoms with E-state index in [2.05, 4.69) is 33.9 Å². The highest BCUT2D eigenvalue weighted by atomic mass is 28.3. The number of carbonyl (C=O) groups excluding carboxylic acids is 2. The van der Waals surface area contributed by atoms with E-state index in [1.807, 2.05) is 6.92 Å². The van der Waals surface area contributed by atoms with Crippen LogP contribution in [0.5, 0.6) is 0 Å². The fraction of sp³-hybridized carbons (Fsp3) is 0.765. The number of rotatable bonds is 3. The van der Waals surface area contributed by atoms with Gasteiger partial charge in [0.1, 0.15) is 0 Å². The molecule has 0 radical (unpaired) electrons. The van der Waals surface area contributed by atoms with Gasteiger partial charge in [-0.3, -0.25) is 9.59 Å². The van der Waals surface area contributed by atoms with E-state index in [4.69, 9.17) is 4.74 Å². The summed E-state index contributed by atoms with van der Waals surface area (Å²) >= 11 is 0. The predicted molar refractivity (Wildman–Crippen MR) is 86.7 cm³/mol. The molecule has 3 nitrogen and oxygen atoms in total. The number of allylic oxidation sites excluding steroid dienone is 2. The molecular weight excluding hydrogens is 280 g/mol. The Morgan fingerprint density at radius 3 is 2.43 bits per heavy atom. The number of Topliss-reactive ketones (excluding diaryl/α,β-unsaturated/α-hetero) is 1. The molecule has 0 amide bonds. The van der Waals surface area contributed by atoms with Crippen molar-refractivity contribution >= 4 is 19.8 Å². The standard InChI is InChI=1S/C17H28O3Si/c1-7-20-16(19)12-8-11-10-14(18)15(13(11)9-12)21(5,6)17(2,3)4/h11-12H,7-10H2,1-6H3/t11-,12+/m0/s1. The first-order chi connectivity index (χ1) is 9.59. The van der Waals surface area contributed by atoms with E-state index in [1.165, 1.54) is 5.57 Å². The van der Waals surface area contributed by atoms with Crippen molar-refractivity contribution in [3.8, 4) is 0 Å². The van der Waals surface area contributed by atoms with Crippen molar-refractivity contribution in [2.45, 2.75) is 65.1 Å². The van der Waals surface area contributed by atoms with E-state index in [-0.39, 0.29) is 16.9 Å². The number of ether oxygens (including phenoxy) is 1. The van der Waals surface area contributed by atoms with Gasteiger partial charge in [0, 0.05) is 6.42 Å². The molecule has 0 aromatic rings. The van der Waals surface area contributed by atoms with Gasteiger partial charge in [-0.25, -0.2) is 0 Å². The average molecular weight is 308 g/mol. The summed E-state index contributed by atoms with van der Waals surface area (Å²) in [6, 6.07) is 0. The van der Waals surface area contributed by atoms with E-state index in [1.54, 1.807) is 0 Å². The van der Waals surface area contributed by atoms with E-state index >= 15 is 0 Å². The molecular formula is C17H28O3Si. The van der Waals surface area contributed by atoms with E-state index in [9.17, 15) is 9.59 Å². The second-order valence-corrected chi connectivity index (χ2v) is 13.2. The molecule has 0 heterocycles. The molecule has 2 atom stereocenters. The minimum Gasteiger partial charge on any atom is -0.466 e. The zero-order chi connectivity index (χ0) is 16.0. The molecule has 21 heavy (non-hydrogen) atoms. The van der Waals surface area contributed by atoms with Crippen LogP contribution in [0.2, 0.25) is 18.1 Å². The van der Waals surface area contributed by atoms with Gasteiger partial charge in [-0.1, -0.05) is 39.4 Å². The van der Waals surface area contributed by atoms with Crippen molar-refractivity contribution in [1.29, 1.82) is 0 Å². The molecule has 0 bridgehead atoms. The first-order valence-corrected chi connectivity index (χ1v) is 11.0. The van der Waals surface area contributed by atoms with Crippen molar-refractivity contribution in [2.24, 2.45) is 11.8 Å². The molecule has 0 aromatic carbocycles. The van der Waals surface area contributed by atoms with Crippen LogP contribution < -0.4 is 0 Å². The zero-order valence-electron chi connectivity index (χ0n) is 14.2. The first-order valence-electron chi connectivity index (χ1n) is 8.03. The largest absolute Gasteiger partial charge is 0.466 e. The Hall–Kier alpha value is -0.903. The molecule has 0 aromatic heterocycles. The Labute approximate surface area is 129 Å². The summed E-state index contributed by atoms with van der Waals surface area (Å²) in [4.78, 5) is 24.5. The van der Waals surface area contributed by atoms with Gasteiger partial charge in [0.25, 0.3) is 0 Å². The second kappa shape index (κ2) is 5.38. The normalized spacial score (nSPS) is 26.3. The first kappa shape index (κ1) is 16.5. The number of fused-ring (bicyclic) bond motifs is 1. The van der Waals surface area contributed by atoms with Crippen molar-refractivity contribution in [2.75, 3.05) is 6.61 Å². The molecule has 0 N–H and O–H groups in total. The highest BCUT2D eigenvalue weighted by Crippen LogP contribution is 2.52. The molecule has 1 fully saturated rings. The summed E-state index contributed by atoms with van der Waals surface area (Å²) in [6.45, 7) is 13.6. The molecule has 2 aliphatic rings. The molecule has 0 saturated heterocycles. The highest BCUT2D eigenvalue weighted by molar-refractivity contribution is 6.91. The quantitative estimate of drug-likeness (QED) is 0.587. The summed E-state index contributed by atoms with van der Waals surface area (Å²) in [5, 5.41) is 1.29. The van der Waals surface area contributed by atoms with Crippen molar-refractivity contribution in [3.63, 3.8) is 0 Å². The molecule has 2 rings (SSSR count). The number of hydrogen-bond acceptors (Lipinski definition) is 3. The second-order valence-electron chi connectivity index (χ2n) is 7.99. The molecule has 0 aliphatic heterocycles. The van der Waals surface area contributed by atoms with E-state index in [0.29, 0.717) is 24.7 Å². The summed E-state index contributed by atoms with van der Waals surface area (Å²) in [5.74, 6) is 0.541. The van der Waals surface area contributed by atoms with Crippen LogP contribution in [-0.4, -0.2) is 26.4 Å². The third kappa shape index (κ3) is 2.74. The summed E-state index contributed by atoms with van der Waals surface area (Å²) < 4.78 is 5.17. The van der Waals surface area contributed by atoms with Crippen molar-refractivity contribution in [3.05, 3.63) is 10.8 Å². The third-order valence-electron chi connectivity index (χ3n) is 5.68. The lowest BCUT2D eigenvalue weighted by atomic mass is 10.0. The van der Waals surface area contributed by atoms with Gasteiger partial charge < -0.3 is 4.74 Å². The van der Waals surface area contributed by atoms with Crippen LogP contribution in [0.3, 0.4) is 0 Å². The van der Waals surface area contributed by atoms with Crippen LogP contribution in [0, 0.1) is 11.8 Å². The van der Waals surface area contributed by atoms with E-state index in [0.717, 1.165) is 18.0 Å². The summed E-state index contributed by atoms with van der Waals surface area (Å²) in [7, 11) is -1.83. The lowest BCUT2D eigenvalue weighted by molar-refractivity contribution is -0.147. The Bertz CT molecular complexity index is 497. The van der Waals surface area contributed by atoms with Gasteiger partial charge in [-0.2, -0.15) is 0 Å². The maximum Gasteiger partial charge on any atom is 0.309 e. The maximum atomic E-state index is 12.5. The minimum atomic E-state index is -1.83. The molecule has 2 aliphatic carbocycles. The lowest BCUT2D eigenvalue weighted by Crippen LogP contribution is -2.42. The third-order valence-corrected chi connectivity index (χ3v) is 11.3. The van der Waals surface area contributed by atoms with Gasteiger partial charge in [-0.15, -0.1) is 0 Å². The van der Waals surface area contributed by atoms with Gasteiger partial charge in [-0.05, 0) is 35.9 Å². The SMILES string of the molecule is CCOC(=O)[C@H]1CC2=C([Si](C)(C)C(C)(C)C)C(=O)C[C@@H]2C1. The summed E-state index contributed by atoms with van der Waals surface area (Å²) in [6.07, 6.45) is 2.17. The van der Waals surface area contributed by atoms with E-state index < -0.39 is 8.07 Å². The Balaban J connectivity index is 2.33. The smallest absolute Gasteiger partial charge is 0.309 e. The fourth-order valence-corrected chi connectivity index (χ4v) is 6.24. The fourth-order valence-electron chi connectivity index (χ4n) is 3.58. The zero-order valence-corrected chi connectivity index (χ0v) is 15.2. The van der Waals surface area contributed by atoms with Gasteiger partial charge in [0.2, 0.25) is 0 Å². The van der Waals surface area contributed by atoms with Gasteiger partial charge >= 0.3 is 5.97 Å². The summed E-state index contributed by atoms with van der Waals surface area (Å²) in [5.41, 5.74) is 1.30. The number of ketones is 1. The Morgan fingerprint density at radius 1 is 1.29 bits per heavy atom. The molecule has 0 unspecified atom stereocenters. The number of esters is 1. The van der Waals surface area contributed by atoms with Gasteiger partial charge in [0.05, 0.1) is 20.6 Å². The minimum absolute atomic E-state index is 0.0298. The number of hydrogen-bond donors (Lipinski definition) is 0. The monoisotopic (exact) mass is 308 g/mol. The topological polar surface area (TPSA) is 43.4 Å². The van der Waals surface area contributed by atoms with Crippen LogP contribution >= 0.6 is 0 Å². The molecule has 0 spiro atoms. The number of carbonyl (C=O) groups is 2. The van der Waals surface area contributed by atoms with Crippen molar-refractivity contribution in [1.82, 2.24) is 0 Å². The van der Waals surface area contributed by atoms with Crippen LogP contribution in [0.4, 0.5) is 0 Å². The van der Waals surface area contributed by atoms with Gasteiger partial charge in [0.15, 0.2) is 5.78 Å². The highest BCUT2D eigenvalue weighted by Gasteiger charge is 2.50. The Morgan fingerprint density at radius 2 is 1.90 bits per heavy atom. The average Bonchev–Trinajstić information content (AvgIpc) is 2.83. The Kier molecular flexibility index (Phi) is 4.22. The van der Waals surface area contributed by atoms with Crippen LogP contribution in [0.15, 0.2) is 10.8 Å². The lowest BCUT2D eigenvalue weighted by Gasteiger charge is -2.38. The molecule has 4 heteroatoms. The molecule has 118 valence electrons. The predicted octanol–water partition coefficient (Wildman–Crippen LogP) is 3.89. The van der Waals surface area contributed by atoms with Crippen molar-refractivity contribution < 1.29 is 14.3 Å². The van der Waals surface area contributed by atoms with Crippen LogP contribution in [-0.2, 0) is 14.3 Å². The molecule has 1 saturated carbocycles.